The van der Waals surface area contributed by atoms with Gasteiger partial charge in [-0.2, -0.15) is 5.26 Å². The normalized spacial score (nSPS) is 20.2. The van der Waals surface area contributed by atoms with Gasteiger partial charge in [-0.1, -0.05) is 38.5 Å². The molecule has 0 spiro atoms. The molecule has 0 bridgehead atoms. The van der Waals surface area contributed by atoms with Gasteiger partial charge in [-0.15, -0.1) is 0 Å². The Balaban J connectivity index is 1.75. The lowest BCUT2D eigenvalue weighted by Crippen LogP contribution is -2.20. The second-order valence-corrected chi connectivity index (χ2v) is 9.60. The van der Waals surface area contributed by atoms with Crippen LogP contribution in [-0.4, -0.2) is 19.6 Å². The maximum absolute atomic E-state index is 9.66. The van der Waals surface area contributed by atoms with E-state index in [1.165, 1.54) is 22.3 Å². The summed E-state index contributed by atoms with van der Waals surface area (Å²) in [5, 5.41) is 20.4. The molecule has 2 aliphatic rings. The van der Waals surface area contributed by atoms with Crippen molar-refractivity contribution in [2.24, 2.45) is 5.73 Å². The van der Waals surface area contributed by atoms with Crippen molar-refractivity contribution < 1.29 is 0 Å². The lowest BCUT2D eigenvalue weighted by molar-refractivity contribution is 0.663. The Labute approximate surface area is 204 Å². The monoisotopic (exact) mass is 455 g/mol. The van der Waals surface area contributed by atoms with Crippen LogP contribution in [0.4, 0.5) is 5.69 Å². The molecule has 2 aromatic carbocycles. The summed E-state index contributed by atoms with van der Waals surface area (Å²) in [4.78, 5) is 0. The Morgan fingerprint density at radius 3 is 2.79 bits per heavy atom. The molecule has 2 aliphatic heterocycles. The predicted molar refractivity (Wildman–Crippen MR) is 142 cm³/mol. The second kappa shape index (κ2) is 10.8. The van der Waals surface area contributed by atoms with Gasteiger partial charge in [0.25, 0.3) is 0 Å². The Kier molecular flexibility index (Phi) is 7.59. The molecule has 5 N–H and O–H groups in total. The number of nitrogens with one attached hydrogen (secondary N) is 3. The average Bonchev–Trinajstić information content (AvgIpc) is 3.03. The van der Waals surface area contributed by atoms with Gasteiger partial charge in [-0.25, -0.2) is 0 Å². The van der Waals surface area contributed by atoms with Gasteiger partial charge in [0.2, 0.25) is 0 Å². The minimum absolute atomic E-state index is 0.116. The molecular weight excluding hydrogens is 418 g/mol. The van der Waals surface area contributed by atoms with Crippen LogP contribution in [0, 0.1) is 11.3 Å². The molecule has 0 aliphatic carbocycles. The standard InChI is InChI=1S/C29H37N5/c1-4-5-19(2)24-14-21(18-30)15-25(16-24)34-28-10-13-33-29(20(3)31)26-7-6-23(17-27(26)28)22-8-11-32-12-9-22/h6-8,14-17,19,28,32-34H,4-5,9-13,31H2,1-3H3/b29-20-. The number of rotatable bonds is 6. The quantitative estimate of drug-likeness (QED) is 0.453. The van der Waals surface area contributed by atoms with E-state index in [0.717, 1.165) is 68.0 Å². The van der Waals surface area contributed by atoms with Gasteiger partial charge >= 0.3 is 0 Å². The number of anilines is 1. The number of hydrogen-bond donors (Lipinski definition) is 4. The van der Waals surface area contributed by atoms with E-state index in [1.807, 2.05) is 19.1 Å². The molecule has 0 fully saturated rings. The zero-order valence-electron chi connectivity index (χ0n) is 20.7. The van der Waals surface area contributed by atoms with E-state index >= 15 is 0 Å². The summed E-state index contributed by atoms with van der Waals surface area (Å²) in [6.45, 7) is 9.17. The first-order valence-electron chi connectivity index (χ1n) is 12.6. The molecule has 2 unspecified atom stereocenters. The maximum Gasteiger partial charge on any atom is 0.0992 e. The van der Waals surface area contributed by atoms with Crippen LogP contribution >= 0.6 is 0 Å². The van der Waals surface area contributed by atoms with Crippen LogP contribution in [0.15, 0.2) is 48.2 Å². The summed E-state index contributed by atoms with van der Waals surface area (Å²) in [5.74, 6) is 0.426. The predicted octanol–water partition coefficient (Wildman–Crippen LogP) is 5.63. The van der Waals surface area contributed by atoms with Crippen LogP contribution in [0.3, 0.4) is 0 Å². The molecule has 2 aromatic rings. The summed E-state index contributed by atoms with van der Waals surface area (Å²) in [6, 6.07) is 15.5. The molecule has 0 radical (unpaired) electrons. The van der Waals surface area contributed by atoms with E-state index < -0.39 is 0 Å². The fraction of sp³-hybridized carbons (Fsp3) is 0.414. The van der Waals surface area contributed by atoms with E-state index in [1.54, 1.807) is 0 Å². The zero-order chi connectivity index (χ0) is 24.1. The average molecular weight is 456 g/mol. The third kappa shape index (κ3) is 5.29. The van der Waals surface area contributed by atoms with Crippen LogP contribution in [0.2, 0.25) is 0 Å². The molecule has 0 amide bonds. The number of nitrogens with zero attached hydrogens (tertiary/aromatic N) is 1. The van der Waals surface area contributed by atoms with E-state index in [0.29, 0.717) is 11.5 Å². The van der Waals surface area contributed by atoms with Gasteiger partial charge < -0.3 is 21.7 Å². The number of allylic oxidation sites excluding steroid dienone is 1. The topological polar surface area (TPSA) is 85.9 Å². The fourth-order valence-electron chi connectivity index (χ4n) is 5.14. The molecule has 5 nitrogen and oxygen atoms in total. The van der Waals surface area contributed by atoms with E-state index in [9.17, 15) is 5.26 Å². The van der Waals surface area contributed by atoms with Crippen molar-refractivity contribution >= 4 is 17.0 Å². The van der Waals surface area contributed by atoms with Crippen molar-refractivity contribution in [3.8, 4) is 6.07 Å². The van der Waals surface area contributed by atoms with E-state index in [2.05, 4.69) is 66.2 Å². The highest BCUT2D eigenvalue weighted by Gasteiger charge is 2.24. The van der Waals surface area contributed by atoms with Crippen molar-refractivity contribution in [2.45, 2.75) is 58.4 Å². The van der Waals surface area contributed by atoms with Crippen LogP contribution in [0.1, 0.15) is 86.2 Å². The fourth-order valence-corrected chi connectivity index (χ4v) is 5.14. The number of nitriles is 1. The van der Waals surface area contributed by atoms with E-state index in [4.69, 9.17) is 5.73 Å². The summed E-state index contributed by atoms with van der Waals surface area (Å²) in [5.41, 5.74) is 16.2. The number of fused-ring (bicyclic) bond motifs is 1. The van der Waals surface area contributed by atoms with Crippen molar-refractivity contribution in [3.05, 3.63) is 76.0 Å². The van der Waals surface area contributed by atoms with Crippen LogP contribution in [0.5, 0.6) is 0 Å². The summed E-state index contributed by atoms with van der Waals surface area (Å²) >= 11 is 0. The molecule has 0 saturated heterocycles. The van der Waals surface area contributed by atoms with Crippen molar-refractivity contribution in [1.82, 2.24) is 10.6 Å². The highest BCUT2D eigenvalue weighted by molar-refractivity contribution is 5.75. The molecule has 0 saturated carbocycles. The Bertz CT molecular complexity index is 1130. The molecule has 0 aromatic heterocycles. The lowest BCUT2D eigenvalue weighted by Gasteiger charge is -2.23. The summed E-state index contributed by atoms with van der Waals surface area (Å²) in [6.07, 6.45) is 6.50. The Morgan fingerprint density at radius 1 is 1.24 bits per heavy atom. The van der Waals surface area contributed by atoms with E-state index in [-0.39, 0.29) is 6.04 Å². The number of benzene rings is 2. The molecule has 2 atom stereocenters. The first-order chi connectivity index (χ1) is 16.5. The highest BCUT2D eigenvalue weighted by atomic mass is 15.0. The third-order valence-electron chi connectivity index (χ3n) is 6.98. The van der Waals surface area contributed by atoms with Gasteiger partial charge in [0.1, 0.15) is 0 Å². The number of hydrogen-bond acceptors (Lipinski definition) is 5. The molecule has 4 rings (SSSR count). The van der Waals surface area contributed by atoms with Gasteiger partial charge in [0.15, 0.2) is 0 Å². The van der Waals surface area contributed by atoms with Gasteiger partial charge in [0, 0.05) is 30.0 Å². The largest absolute Gasteiger partial charge is 0.401 e. The van der Waals surface area contributed by atoms with Crippen molar-refractivity contribution in [2.75, 3.05) is 25.0 Å². The smallest absolute Gasteiger partial charge is 0.0992 e. The minimum atomic E-state index is 0.116. The second-order valence-electron chi connectivity index (χ2n) is 9.60. The van der Waals surface area contributed by atoms with Gasteiger partial charge in [0.05, 0.1) is 23.4 Å². The molecule has 178 valence electrons. The Hall–Kier alpha value is -3.23. The van der Waals surface area contributed by atoms with Crippen LogP contribution in [0.25, 0.3) is 11.3 Å². The first kappa shape index (κ1) is 23.9. The first-order valence-corrected chi connectivity index (χ1v) is 12.6. The van der Waals surface area contributed by atoms with Crippen LogP contribution in [-0.2, 0) is 0 Å². The summed E-state index contributed by atoms with van der Waals surface area (Å²) < 4.78 is 0. The van der Waals surface area contributed by atoms with Gasteiger partial charge in [-0.3, -0.25) is 0 Å². The van der Waals surface area contributed by atoms with Crippen LogP contribution < -0.4 is 21.7 Å². The highest BCUT2D eigenvalue weighted by Crippen LogP contribution is 2.36. The molecular formula is C29H37N5. The zero-order valence-corrected chi connectivity index (χ0v) is 20.7. The Morgan fingerprint density at radius 2 is 2.09 bits per heavy atom. The lowest BCUT2D eigenvalue weighted by atomic mass is 9.90. The number of nitrogens with two attached hydrogens (primary N) is 1. The molecule has 2 heterocycles. The third-order valence-corrected chi connectivity index (χ3v) is 6.98. The van der Waals surface area contributed by atoms with Crippen molar-refractivity contribution in [3.63, 3.8) is 0 Å². The minimum Gasteiger partial charge on any atom is -0.401 e. The SMILES string of the molecule is CCCC(C)c1cc(C#N)cc(NC2CCN/C(=C(/C)N)c3ccc(C4=CCNCC4)cc32)c1. The van der Waals surface area contributed by atoms with Crippen molar-refractivity contribution in [1.29, 1.82) is 5.26 Å². The molecule has 34 heavy (non-hydrogen) atoms. The molecule has 5 heteroatoms. The maximum atomic E-state index is 9.66. The van der Waals surface area contributed by atoms with Gasteiger partial charge in [-0.05, 0) is 85.2 Å². The summed E-state index contributed by atoms with van der Waals surface area (Å²) in [7, 11) is 0.